The molecule has 0 bridgehead atoms. The van der Waals surface area contributed by atoms with Crippen molar-refractivity contribution in [1.29, 1.82) is 0 Å². The maximum Gasteiger partial charge on any atom is 0.343 e. The fourth-order valence-corrected chi connectivity index (χ4v) is 3.05. The van der Waals surface area contributed by atoms with Gasteiger partial charge in [0.1, 0.15) is 5.52 Å². The van der Waals surface area contributed by atoms with E-state index in [4.69, 9.17) is 32.7 Å². The Labute approximate surface area is 163 Å². The molecule has 0 amide bonds. The minimum absolute atomic E-state index is 0.0308. The number of halogens is 2. The third kappa shape index (κ3) is 3.65. The van der Waals surface area contributed by atoms with Crippen LogP contribution in [0.2, 0.25) is 10.0 Å². The zero-order valence-electron chi connectivity index (χ0n) is 14.2. The second kappa shape index (κ2) is 7.38. The number of ether oxygens (including phenoxy) is 2. The lowest BCUT2D eigenvalue weighted by molar-refractivity contribution is -0.385. The Morgan fingerprint density at radius 1 is 1.15 bits per heavy atom. The summed E-state index contributed by atoms with van der Waals surface area (Å²) < 4.78 is 10.3. The van der Waals surface area contributed by atoms with Gasteiger partial charge in [0.2, 0.25) is 0 Å². The second-order valence-electron chi connectivity index (χ2n) is 5.55. The molecule has 3 aromatic rings. The van der Waals surface area contributed by atoms with Gasteiger partial charge in [-0.15, -0.1) is 0 Å². The molecule has 9 heteroatoms. The summed E-state index contributed by atoms with van der Waals surface area (Å²) in [5, 5.41) is 12.2. The highest BCUT2D eigenvalue weighted by atomic mass is 35.5. The van der Waals surface area contributed by atoms with Crippen LogP contribution in [0.1, 0.15) is 16.1 Å². The quantitative estimate of drug-likeness (QED) is 0.262. The van der Waals surface area contributed by atoms with Gasteiger partial charge in [-0.3, -0.25) is 10.1 Å². The first-order valence-electron chi connectivity index (χ1n) is 7.61. The van der Waals surface area contributed by atoms with E-state index in [1.165, 1.54) is 25.3 Å². The van der Waals surface area contributed by atoms with Crippen molar-refractivity contribution >= 4 is 45.8 Å². The number of pyridine rings is 1. The second-order valence-corrected chi connectivity index (χ2v) is 6.37. The zero-order chi connectivity index (χ0) is 19.7. The Bertz CT molecular complexity index is 1090. The van der Waals surface area contributed by atoms with Crippen LogP contribution in [0.4, 0.5) is 5.69 Å². The molecule has 0 saturated heterocycles. The Hall–Kier alpha value is -2.90. The summed E-state index contributed by atoms with van der Waals surface area (Å²) in [6.07, 6.45) is 0. The molecule has 2 aromatic carbocycles. The summed E-state index contributed by atoms with van der Waals surface area (Å²) in [6.45, 7) is 1.77. The third-order valence-corrected chi connectivity index (χ3v) is 4.38. The number of nitrogens with zero attached hydrogens (tertiary/aromatic N) is 2. The van der Waals surface area contributed by atoms with Crippen LogP contribution in [-0.2, 0) is 0 Å². The molecular formula is C18H12Cl2N2O5. The number of methoxy groups -OCH3 is 1. The van der Waals surface area contributed by atoms with Crippen LogP contribution in [0.15, 0.2) is 36.4 Å². The lowest BCUT2D eigenvalue weighted by Gasteiger charge is -2.11. The molecule has 0 N–H and O–H groups in total. The van der Waals surface area contributed by atoms with Crippen molar-refractivity contribution < 1.29 is 19.2 Å². The van der Waals surface area contributed by atoms with Crippen LogP contribution in [0.25, 0.3) is 10.9 Å². The van der Waals surface area contributed by atoms with Crippen molar-refractivity contribution in [3.05, 3.63) is 67.8 Å². The van der Waals surface area contributed by atoms with Gasteiger partial charge in [0.25, 0.3) is 0 Å². The zero-order valence-corrected chi connectivity index (χ0v) is 15.7. The van der Waals surface area contributed by atoms with E-state index in [0.29, 0.717) is 21.6 Å². The molecule has 27 heavy (non-hydrogen) atoms. The maximum absolute atomic E-state index is 12.5. The van der Waals surface area contributed by atoms with Gasteiger partial charge < -0.3 is 9.47 Å². The average Bonchev–Trinajstić information content (AvgIpc) is 2.64. The number of carbonyl (C=O) groups is 1. The van der Waals surface area contributed by atoms with Crippen LogP contribution >= 0.6 is 23.2 Å². The van der Waals surface area contributed by atoms with Gasteiger partial charge in [-0.2, -0.15) is 0 Å². The van der Waals surface area contributed by atoms with Crippen LogP contribution in [0.5, 0.6) is 11.5 Å². The van der Waals surface area contributed by atoms with E-state index in [1.807, 2.05) is 0 Å². The smallest absolute Gasteiger partial charge is 0.343 e. The summed E-state index contributed by atoms with van der Waals surface area (Å²) in [6, 6.07) is 8.71. The van der Waals surface area contributed by atoms with Crippen molar-refractivity contribution in [2.45, 2.75) is 6.92 Å². The number of fused-ring (bicyclic) bond motifs is 1. The minimum atomic E-state index is -0.824. The van der Waals surface area contributed by atoms with Gasteiger partial charge in [0.05, 0.1) is 27.6 Å². The lowest BCUT2D eigenvalue weighted by Crippen LogP contribution is -2.10. The molecule has 0 radical (unpaired) electrons. The number of nitro groups is 1. The highest BCUT2D eigenvalue weighted by Gasteiger charge is 2.22. The number of carbonyl (C=O) groups excluding carboxylic acids is 1. The highest BCUT2D eigenvalue weighted by Crippen LogP contribution is 2.38. The van der Waals surface area contributed by atoms with E-state index in [0.717, 1.165) is 6.07 Å². The Morgan fingerprint density at radius 3 is 2.56 bits per heavy atom. The van der Waals surface area contributed by atoms with Crippen molar-refractivity contribution in [3.8, 4) is 11.5 Å². The standard InChI is InChI=1S/C18H12Cl2N2O5/c1-9-3-5-11-12(19)8-13(20)17(16(11)21-9)27-18(23)10-4-6-15(26-2)14(7-10)22(24)25/h3-8H,1-2H3. The molecule has 0 aliphatic carbocycles. The largest absolute Gasteiger partial charge is 0.490 e. The van der Waals surface area contributed by atoms with Crippen LogP contribution in [0, 0.1) is 17.0 Å². The fraction of sp³-hybridized carbons (Fsp3) is 0.111. The van der Waals surface area contributed by atoms with E-state index in [1.54, 1.807) is 19.1 Å². The van der Waals surface area contributed by atoms with Crippen LogP contribution in [0.3, 0.4) is 0 Å². The number of hydrogen-bond acceptors (Lipinski definition) is 6. The van der Waals surface area contributed by atoms with Gasteiger partial charge in [-0.1, -0.05) is 23.2 Å². The van der Waals surface area contributed by atoms with E-state index >= 15 is 0 Å². The molecular weight excluding hydrogens is 395 g/mol. The summed E-state index contributed by atoms with van der Waals surface area (Å²) in [5.41, 5.74) is 0.615. The molecule has 0 fully saturated rings. The molecule has 1 aromatic heterocycles. The molecule has 0 aliphatic heterocycles. The molecule has 0 saturated carbocycles. The summed E-state index contributed by atoms with van der Waals surface area (Å²) in [5.74, 6) is -0.762. The summed E-state index contributed by atoms with van der Waals surface area (Å²) >= 11 is 12.4. The van der Waals surface area contributed by atoms with Crippen molar-refractivity contribution in [1.82, 2.24) is 4.98 Å². The molecule has 3 rings (SSSR count). The lowest BCUT2D eigenvalue weighted by atomic mass is 10.1. The number of aryl methyl sites for hydroxylation is 1. The maximum atomic E-state index is 12.5. The van der Waals surface area contributed by atoms with Gasteiger partial charge in [0, 0.05) is 17.1 Å². The number of hydrogen-bond donors (Lipinski definition) is 0. The van der Waals surface area contributed by atoms with E-state index in [9.17, 15) is 14.9 Å². The molecule has 0 atom stereocenters. The van der Waals surface area contributed by atoms with Gasteiger partial charge in [-0.25, -0.2) is 9.78 Å². The van der Waals surface area contributed by atoms with E-state index in [2.05, 4.69) is 4.98 Å². The predicted molar refractivity (Wildman–Crippen MR) is 101 cm³/mol. The van der Waals surface area contributed by atoms with Crippen LogP contribution in [-0.4, -0.2) is 23.0 Å². The van der Waals surface area contributed by atoms with E-state index in [-0.39, 0.29) is 27.8 Å². The molecule has 0 aliphatic rings. The average molecular weight is 407 g/mol. The van der Waals surface area contributed by atoms with Crippen molar-refractivity contribution in [2.24, 2.45) is 0 Å². The predicted octanol–water partition coefficient (Wildman–Crippen LogP) is 4.99. The molecule has 138 valence electrons. The fourth-order valence-electron chi connectivity index (χ4n) is 2.50. The van der Waals surface area contributed by atoms with E-state index < -0.39 is 10.9 Å². The highest BCUT2D eigenvalue weighted by molar-refractivity contribution is 6.39. The normalized spacial score (nSPS) is 10.7. The molecule has 7 nitrogen and oxygen atoms in total. The Balaban J connectivity index is 2.06. The molecule has 0 unspecified atom stereocenters. The van der Waals surface area contributed by atoms with Gasteiger partial charge in [0.15, 0.2) is 11.5 Å². The SMILES string of the molecule is COc1ccc(C(=O)Oc2c(Cl)cc(Cl)c3ccc(C)nc23)cc1[N+](=O)[O-]. The van der Waals surface area contributed by atoms with Crippen molar-refractivity contribution in [2.75, 3.05) is 7.11 Å². The molecule has 1 heterocycles. The summed E-state index contributed by atoms with van der Waals surface area (Å²) in [4.78, 5) is 27.4. The topological polar surface area (TPSA) is 91.6 Å². The van der Waals surface area contributed by atoms with Gasteiger partial charge in [-0.05, 0) is 37.3 Å². The van der Waals surface area contributed by atoms with Gasteiger partial charge >= 0.3 is 11.7 Å². The number of benzene rings is 2. The number of nitro benzene ring substituents is 1. The van der Waals surface area contributed by atoms with Crippen LogP contribution < -0.4 is 9.47 Å². The van der Waals surface area contributed by atoms with Crippen molar-refractivity contribution in [3.63, 3.8) is 0 Å². The Kier molecular flexibility index (Phi) is 5.16. The first-order valence-corrected chi connectivity index (χ1v) is 8.37. The number of esters is 1. The Morgan fingerprint density at radius 2 is 1.89 bits per heavy atom. The first-order chi connectivity index (χ1) is 12.8. The molecule has 0 spiro atoms. The minimum Gasteiger partial charge on any atom is -0.490 e. The monoisotopic (exact) mass is 406 g/mol. The third-order valence-electron chi connectivity index (χ3n) is 3.78. The number of rotatable bonds is 4. The summed E-state index contributed by atoms with van der Waals surface area (Å²) in [7, 11) is 1.30. The first kappa shape index (κ1) is 18.9. The number of aromatic nitrogens is 1.